The number of benzene rings is 2. The van der Waals surface area contributed by atoms with Gasteiger partial charge in [0, 0.05) is 17.4 Å². The molecule has 1 aromatic heterocycles. The first-order valence-electron chi connectivity index (χ1n) is 7.74. The maximum absolute atomic E-state index is 14.4. The average molecular weight is 452 g/mol. The van der Waals surface area contributed by atoms with Crippen molar-refractivity contribution in [2.24, 2.45) is 5.14 Å². The van der Waals surface area contributed by atoms with Crippen molar-refractivity contribution in [1.82, 2.24) is 9.78 Å². The number of aromatic nitrogens is 2. The number of halogens is 6. The third-order valence-electron chi connectivity index (χ3n) is 3.99. The Balaban J connectivity index is 2.46. The van der Waals surface area contributed by atoms with E-state index in [9.17, 15) is 30.4 Å². The van der Waals surface area contributed by atoms with Crippen LogP contribution in [0.3, 0.4) is 0 Å². The molecule has 0 saturated heterocycles. The first kappa shape index (κ1) is 21.2. The molecule has 2 N–H and O–H groups in total. The highest BCUT2D eigenvalue weighted by Gasteiger charge is 2.60. The number of primary sulfonamides is 1. The molecule has 0 aliphatic rings. The van der Waals surface area contributed by atoms with Crippen LogP contribution in [-0.2, 0) is 15.9 Å². The highest BCUT2D eigenvalue weighted by molar-refractivity contribution is 7.89. The van der Waals surface area contributed by atoms with E-state index in [1.807, 2.05) is 0 Å². The predicted molar refractivity (Wildman–Crippen MR) is 95.3 cm³/mol. The molecule has 5 nitrogen and oxygen atoms in total. The maximum atomic E-state index is 14.4. The smallest absolute Gasteiger partial charge is 0.239 e. The minimum Gasteiger partial charge on any atom is -0.239 e. The van der Waals surface area contributed by atoms with Gasteiger partial charge >= 0.3 is 12.1 Å². The Bertz CT molecular complexity index is 1150. The molecular formula is C17H11ClF5N3O2S. The molecule has 0 spiro atoms. The Labute approximate surface area is 166 Å². The fourth-order valence-electron chi connectivity index (χ4n) is 2.66. The Morgan fingerprint density at radius 1 is 1.00 bits per heavy atom. The number of alkyl halides is 5. The predicted octanol–water partition coefficient (Wildman–Crippen LogP) is 4.49. The van der Waals surface area contributed by atoms with Crippen molar-refractivity contribution in [1.29, 1.82) is 0 Å². The molecule has 0 saturated carbocycles. The van der Waals surface area contributed by atoms with E-state index in [-0.39, 0.29) is 16.1 Å². The number of hydrogen-bond donors (Lipinski definition) is 1. The highest BCUT2D eigenvalue weighted by Crippen LogP contribution is 2.48. The Morgan fingerprint density at radius 3 is 2.10 bits per heavy atom. The summed E-state index contributed by atoms with van der Waals surface area (Å²) in [5.74, 6) is -5.39. The lowest BCUT2D eigenvalue weighted by molar-refractivity contribution is -0.289. The highest BCUT2D eigenvalue weighted by atomic mass is 35.5. The minimum atomic E-state index is -6.00. The summed E-state index contributed by atoms with van der Waals surface area (Å²) in [6.45, 7) is 0. The molecule has 154 valence electrons. The summed E-state index contributed by atoms with van der Waals surface area (Å²) < 4.78 is 93.2. The molecule has 0 radical (unpaired) electrons. The van der Waals surface area contributed by atoms with Crippen molar-refractivity contribution in [3.63, 3.8) is 0 Å². The number of nitrogens with zero attached hydrogens (tertiary/aromatic N) is 2. The second-order valence-electron chi connectivity index (χ2n) is 5.95. The topological polar surface area (TPSA) is 78.0 Å². The molecule has 0 fully saturated rings. The van der Waals surface area contributed by atoms with Crippen LogP contribution in [0.5, 0.6) is 0 Å². The second kappa shape index (κ2) is 7.08. The van der Waals surface area contributed by atoms with Crippen LogP contribution in [0.2, 0.25) is 5.02 Å². The van der Waals surface area contributed by atoms with Crippen LogP contribution in [-0.4, -0.2) is 24.4 Å². The maximum Gasteiger partial charge on any atom is 0.458 e. The van der Waals surface area contributed by atoms with Crippen LogP contribution in [0.25, 0.3) is 16.8 Å². The molecule has 1 heterocycles. The van der Waals surface area contributed by atoms with Gasteiger partial charge in [-0.15, -0.1) is 0 Å². The van der Waals surface area contributed by atoms with Gasteiger partial charge in [0.1, 0.15) is 4.90 Å². The van der Waals surface area contributed by atoms with Crippen molar-refractivity contribution in [2.45, 2.75) is 17.0 Å². The summed E-state index contributed by atoms with van der Waals surface area (Å²) >= 11 is 5.76. The molecule has 0 aliphatic carbocycles. The van der Waals surface area contributed by atoms with Gasteiger partial charge in [0.05, 0.1) is 11.3 Å². The molecule has 2 aromatic carbocycles. The van der Waals surface area contributed by atoms with Crippen molar-refractivity contribution in [3.8, 4) is 16.8 Å². The Kier molecular flexibility index (Phi) is 5.18. The van der Waals surface area contributed by atoms with E-state index in [0.29, 0.717) is 10.7 Å². The molecule has 0 unspecified atom stereocenters. The number of rotatable bonds is 4. The molecule has 3 rings (SSSR count). The zero-order valence-corrected chi connectivity index (χ0v) is 15.7. The van der Waals surface area contributed by atoms with Crippen molar-refractivity contribution in [3.05, 3.63) is 65.4 Å². The van der Waals surface area contributed by atoms with Crippen LogP contribution < -0.4 is 5.14 Å². The lowest BCUT2D eigenvalue weighted by atomic mass is 9.98. The Morgan fingerprint density at radius 2 is 1.62 bits per heavy atom. The zero-order valence-electron chi connectivity index (χ0n) is 14.2. The molecule has 0 aliphatic heterocycles. The summed E-state index contributed by atoms with van der Waals surface area (Å²) in [6, 6.07) is 8.12. The SMILES string of the molecule is NS(=O)(=O)c1cc(-c2ccc(Cl)cc2)cc(C(F)(F)C(F)(F)F)c1-n1cccn1. The number of sulfonamides is 1. The monoisotopic (exact) mass is 451 g/mol. The van der Waals surface area contributed by atoms with E-state index in [1.165, 1.54) is 30.3 Å². The number of hydrogen-bond acceptors (Lipinski definition) is 3. The fraction of sp³-hybridized carbons (Fsp3) is 0.118. The van der Waals surface area contributed by atoms with Crippen molar-refractivity contribution < 1.29 is 30.4 Å². The van der Waals surface area contributed by atoms with Crippen LogP contribution in [0.15, 0.2) is 59.8 Å². The van der Waals surface area contributed by atoms with Gasteiger partial charge in [-0.05, 0) is 41.5 Å². The van der Waals surface area contributed by atoms with Crippen LogP contribution in [0, 0.1) is 0 Å². The average Bonchev–Trinajstić information content (AvgIpc) is 3.14. The lowest BCUT2D eigenvalue weighted by Gasteiger charge is -2.24. The largest absolute Gasteiger partial charge is 0.458 e. The van der Waals surface area contributed by atoms with Gasteiger partial charge in [-0.25, -0.2) is 18.2 Å². The molecule has 0 amide bonds. The normalized spacial score (nSPS) is 12.9. The fourth-order valence-corrected chi connectivity index (χ4v) is 3.55. The van der Waals surface area contributed by atoms with E-state index in [0.717, 1.165) is 18.5 Å². The second-order valence-corrected chi connectivity index (χ2v) is 7.91. The summed E-state index contributed by atoms with van der Waals surface area (Å²) in [5.41, 5.74) is -2.66. The van der Waals surface area contributed by atoms with Crippen molar-refractivity contribution in [2.75, 3.05) is 0 Å². The molecule has 0 atom stereocenters. The quantitative estimate of drug-likeness (QED) is 0.593. The van der Waals surface area contributed by atoms with Gasteiger partial charge in [0.25, 0.3) is 0 Å². The van der Waals surface area contributed by atoms with Crippen LogP contribution in [0.4, 0.5) is 22.0 Å². The summed E-state index contributed by atoms with van der Waals surface area (Å²) in [6.07, 6.45) is -3.87. The van der Waals surface area contributed by atoms with Crippen LogP contribution >= 0.6 is 11.6 Å². The summed E-state index contributed by atoms with van der Waals surface area (Å²) in [4.78, 5) is -0.937. The van der Waals surface area contributed by atoms with E-state index < -0.39 is 38.3 Å². The first-order valence-corrected chi connectivity index (χ1v) is 9.66. The first-order chi connectivity index (χ1) is 13.3. The standard InChI is InChI=1S/C17H11ClF5N3O2S/c18-12-4-2-10(3-5-12)11-8-13(16(19,20)17(21,22)23)15(26-7-1-6-25-26)14(9-11)29(24,27)28/h1-9H,(H2,24,27,28). The third kappa shape index (κ3) is 3.98. The lowest BCUT2D eigenvalue weighted by Crippen LogP contribution is -2.35. The van der Waals surface area contributed by atoms with Gasteiger partial charge in [-0.3, -0.25) is 0 Å². The minimum absolute atomic E-state index is 0.158. The van der Waals surface area contributed by atoms with E-state index >= 15 is 0 Å². The molecule has 0 bridgehead atoms. The Hall–Kier alpha value is -2.50. The van der Waals surface area contributed by atoms with Gasteiger partial charge in [-0.2, -0.15) is 27.1 Å². The molecule has 3 aromatic rings. The number of nitrogens with two attached hydrogens (primary N) is 1. The van der Waals surface area contributed by atoms with Gasteiger partial charge in [-0.1, -0.05) is 23.7 Å². The van der Waals surface area contributed by atoms with E-state index in [1.54, 1.807) is 0 Å². The molecule has 12 heteroatoms. The van der Waals surface area contributed by atoms with E-state index in [4.69, 9.17) is 16.7 Å². The third-order valence-corrected chi connectivity index (χ3v) is 5.16. The van der Waals surface area contributed by atoms with Gasteiger partial charge in [0.15, 0.2) is 0 Å². The van der Waals surface area contributed by atoms with E-state index in [2.05, 4.69) is 5.10 Å². The van der Waals surface area contributed by atoms with Crippen LogP contribution in [0.1, 0.15) is 5.56 Å². The van der Waals surface area contributed by atoms with Gasteiger partial charge < -0.3 is 0 Å². The zero-order chi connectivity index (χ0) is 21.6. The summed E-state index contributed by atoms with van der Waals surface area (Å²) in [5, 5.41) is 9.04. The summed E-state index contributed by atoms with van der Waals surface area (Å²) in [7, 11) is -4.71. The van der Waals surface area contributed by atoms with Crippen molar-refractivity contribution >= 4 is 21.6 Å². The molecular weight excluding hydrogens is 441 g/mol. The molecule has 29 heavy (non-hydrogen) atoms. The van der Waals surface area contributed by atoms with Gasteiger partial charge in [0.2, 0.25) is 10.0 Å².